The second-order valence-electron chi connectivity index (χ2n) is 3.06. The van der Waals surface area contributed by atoms with E-state index in [9.17, 15) is 4.79 Å². The minimum atomic E-state index is -0.261. The molecule has 72 valence electrons. The van der Waals surface area contributed by atoms with Crippen LogP contribution in [0.4, 0.5) is 0 Å². The number of thiophene rings is 1. The van der Waals surface area contributed by atoms with Gasteiger partial charge in [0.1, 0.15) is 6.33 Å². The van der Waals surface area contributed by atoms with Gasteiger partial charge in [0.15, 0.2) is 0 Å². The molecule has 0 unspecified atom stereocenters. The number of nitrogens with zero attached hydrogens (tertiary/aromatic N) is 3. The molecule has 4 nitrogen and oxygen atoms in total. The molecule has 0 spiro atoms. The highest BCUT2D eigenvalue weighted by atomic mass is 32.1. The fraction of sp³-hybridized carbons (Fsp3) is 0. The molecule has 0 radical (unpaired) electrons. The standard InChI is InChI=1S/C10H5N3OS/c14-8-3-6-4-11-5-12-9(6)10-7(13-8)1-2-15-10/h1-5H. The van der Waals surface area contributed by atoms with Crippen molar-refractivity contribution in [1.82, 2.24) is 15.0 Å². The Morgan fingerprint density at radius 1 is 1.33 bits per heavy atom. The largest absolute Gasteiger partial charge is 0.271 e. The van der Waals surface area contributed by atoms with Crippen molar-refractivity contribution in [2.75, 3.05) is 0 Å². The molecule has 0 saturated carbocycles. The molecule has 0 fully saturated rings. The van der Waals surface area contributed by atoms with Gasteiger partial charge in [0.05, 0.1) is 15.7 Å². The van der Waals surface area contributed by atoms with E-state index < -0.39 is 0 Å². The first-order valence-corrected chi connectivity index (χ1v) is 5.21. The van der Waals surface area contributed by atoms with Crippen molar-refractivity contribution >= 4 is 32.5 Å². The van der Waals surface area contributed by atoms with E-state index in [0.717, 1.165) is 15.6 Å². The van der Waals surface area contributed by atoms with Gasteiger partial charge in [-0.05, 0) is 11.4 Å². The Balaban J connectivity index is 2.74. The van der Waals surface area contributed by atoms with Crippen LogP contribution >= 0.6 is 11.3 Å². The minimum absolute atomic E-state index is 0.261. The SMILES string of the molecule is O=c1cc2cncnc2c2sccc2n1. The summed E-state index contributed by atoms with van der Waals surface area (Å²) in [6, 6.07) is 3.28. The Labute approximate surface area is 88.3 Å². The Morgan fingerprint density at radius 2 is 2.27 bits per heavy atom. The van der Waals surface area contributed by atoms with Crippen LogP contribution in [0.3, 0.4) is 0 Å². The molecule has 0 aliphatic heterocycles. The maximum Gasteiger partial charge on any atom is 0.271 e. The lowest BCUT2D eigenvalue weighted by molar-refractivity contribution is 1.23. The topological polar surface area (TPSA) is 55.7 Å². The zero-order chi connectivity index (χ0) is 10.3. The van der Waals surface area contributed by atoms with Gasteiger partial charge in [-0.25, -0.2) is 15.0 Å². The Bertz CT molecular complexity index is 707. The molecule has 0 atom stereocenters. The fourth-order valence-electron chi connectivity index (χ4n) is 1.49. The first-order chi connectivity index (χ1) is 7.34. The van der Waals surface area contributed by atoms with Gasteiger partial charge in [0.2, 0.25) is 0 Å². The number of fused-ring (bicyclic) bond motifs is 3. The third-order valence-electron chi connectivity index (χ3n) is 2.11. The first-order valence-electron chi connectivity index (χ1n) is 4.33. The van der Waals surface area contributed by atoms with Crippen LogP contribution in [0.1, 0.15) is 0 Å². The highest BCUT2D eigenvalue weighted by Crippen LogP contribution is 2.23. The van der Waals surface area contributed by atoms with E-state index in [4.69, 9.17) is 0 Å². The summed E-state index contributed by atoms with van der Waals surface area (Å²) in [4.78, 5) is 23.5. The second-order valence-corrected chi connectivity index (χ2v) is 3.97. The van der Waals surface area contributed by atoms with Crippen LogP contribution in [0.2, 0.25) is 0 Å². The lowest BCUT2D eigenvalue weighted by Gasteiger charge is -1.88. The van der Waals surface area contributed by atoms with E-state index in [0.29, 0.717) is 5.52 Å². The van der Waals surface area contributed by atoms with Crippen molar-refractivity contribution in [3.8, 4) is 0 Å². The van der Waals surface area contributed by atoms with Crippen molar-refractivity contribution in [3.63, 3.8) is 0 Å². The van der Waals surface area contributed by atoms with E-state index in [2.05, 4.69) is 15.0 Å². The molecule has 3 rings (SSSR count). The van der Waals surface area contributed by atoms with Gasteiger partial charge in [-0.2, -0.15) is 0 Å². The van der Waals surface area contributed by atoms with E-state index in [-0.39, 0.29) is 5.56 Å². The molecule has 0 N–H and O–H groups in total. The van der Waals surface area contributed by atoms with E-state index in [1.165, 1.54) is 23.7 Å². The normalized spacial score (nSPS) is 10.9. The minimum Gasteiger partial charge on any atom is -0.267 e. The number of hydrogen-bond donors (Lipinski definition) is 0. The van der Waals surface area contributed by atoms with Crippen LogP contribution < -0.4 is 5.56 Å². The summed E-state index contributed by atoms with van der Waals surface area (Å²) < 4.78 is 0.925. The molecule has 0 bridgehead atoms. The zero-order valence-electron chi connectivity index (χ0n) is 7.54. The molecule has 0 aliphatic rings. The van der Waals surface area contributed by atoms with Crippen LogP contribution in [0.25, 0.3) is 21.1 Å². The molecular weight excluding hydrogens is 210 g/mol. The summed E-state index contributed by atoms with van der Waals surface area (Å²) in [6.45, 7) is 0. The molecule has 3 aromatic heterocycles. The summed E-state index contributed by atoms with van der Waals surface area (Å²) in [5.41, 5.74) is 1.21. The van der Waals surface area contributed by atoms with Crippen LogP contribution in [-0.4, -0.2) is 15.0 Å². The third-order valence-corrected chi connectivity index (χ3v) is 3.02. The number of hydrogen-bond acceptors (Lipinski definition) is 5. The lowest BCUT2D eigenvalue weighted by Crippen LogP contribution is -1.97. The Kier molecular flexibility index (Phi) is 1.72. The average molecular weight is 215 g/mol. The van der Waals surface area contributed by atoms with Gasteiger partial charge in [-0.3, -0.25) is 4.79 Å². The second kappa shape index (κ2) is 3.06. The lowest BCUT2D eigenvalue weighted by atomic mass is 10.3. The maximum absolute atomic E-state index is 11.4. The molecule has 15 heavy (non-hydrogen) atoms. The molecule has 5 heteroatoms. The van der Waals surface area contributed by atoms with Crippen molar-refractivity contribution in [1.29, 1.82) is 0 Å². The Morgan fingerprint density at radius 3 is 3.20 bits per heavy atom. The molecule has 0 saturated heterocycles. The van der Waals surface area contributed by atoms with Gasteiger partial charge in [-0.15, -0.1) is 11.3 Å². The van der Waals surface area contributed by atoms with Crippen molar-refractivity contribution in [2.24, 2.45) is 0 Å². The summed E-state index contributed by atoms with van der Waals surface area (Å²) in [5, 5.41) is 2.63. The van der Waals surface area contributed by atoms with Crippen LogP contribution in [0, 0.1) is 0 Å². The van der Waals surface area contributed by atoms with E-state index in [1.807, 2.05) is 11.4 Å². The van der Waals surface area contributed by atoms with Gasteiger partial charge in [0.25, 0.3) is 5.56 Å². The van der Waals surface area contributed by atoms with Gasteiger partial charge >= 0.3 is 0 Å². The van der Waals surface area contributed by atoms with Crippen LogP contribution in [-0.2, 0) is 0 Å². The summed E-state index contributed by atoms with van der Waals surface area (Å²) in [6.07, 6.45) is 3.11. The first kappa shape index (κ1) is 8.43. The predicted molar refractivity (Wildman–Crippen MR) is 59.0 cm³/mol. The Hall–Kier alpha value is -1.88. The molecule has 3 aromatic rings. The highest BCUT2D eigenvalue weighted by molar-refractivity contribution is 7.18. The maximum atomic E-state index is 11.4. The highest BCUT2D eigenvalue weighted by Gasteiger charge is 2.03. The monoisotopic (exact) mass is 215 g/mol. The van der Waals surface area contributed by atoms with Gasteiger partial charge < -0.3 is 0 Å². The van der Waals surface area contributed by atoms with E-state index >= 15 is 0 Å². The summed E-state index contributed by atoms with van der Waals surface area (Å²) in [7, 11) is 0. The number of aromatic nitrogens is 3. The fourth-order valence-corrected chi connectivity index (χ4v) is 2.34. The summed E-state index contributed by atoms with van der Waals surface area (Å²) >= 11 is 1.53. The zero-order valence-corrected chi connectivity index (χ0v) is 8.36. The quantitative estimate of drug-likeness (QED) is 0.571. The van der Waals surface area contributed by atoms with E-state index in [1.54, 1.807) is 6.20 Å². The molecule has 0 aromatic carbocycles. The third kappa shape index (κ3) is 1.28. The molecule has 0 amide bonds. The van der Waals surface area contributed by atoms with Crippen molar-refractivity contribution < 1.29 is 0 Å². The number of rotatable bonds is 0. The van der Waals surface area contributed by atoms with Crippen molar-refractivity contribution in [3.05, 3.63) is 40.4 Å². The van der Waals surface area contributed by atoms with Crippen molar-refractivity contribution in [2.45, 2.75) is 0 Å². The van der Waals surface area contributed by atoms with Crippen LogP contribution in [0.15, 0.2) is 34.8 Å². The molecular formula is C10H5N3OS. The van der Waals surface area contributed by atoms with Crippen LogP contribution in [0.5, 0.6) is 0 Å². The average Bonchev–Trinajstić information content (AvgIpc) is 2.62. The van der Waals surface area contributed by atoms with Gasteiger partial charge in [0, 0.05) is 17.6 Å². The summed E-state index contributed by atoms with van der Waals surface area (Å²) in [5.74, 6) is 0. The van der Waals surface area contributed by atoms with Gasteiger partial charge in [-0.1, -0.05) is 0 Å². The predicted octanol–water partition coefficient (Wildman–Crippen LogP) is 1.60. The smallest absolute Gasteiger partial charge is 0.267 e. The molecule has 3 heterocycles. The molecule has 0 aliphatic carbocycles.